The van der Waals surface area contributed by atoms with Crippen molar-refractivity contribution in [3.63, 3.8) is 0 Å². The van der Waals surface area contributed by atoms with Crippen LogP contribution < -0.4 is 10.4 Å². The Balaban J connectivity index is 1.87. The lowest BCUT2D eigenvalue weighted by atomic mass is 9.75. The van der Waals surface area contributed by atoms with Gasteiger partial charge in [-0.3, -0.25) is 0 Å². The molecule has 4 aromatic rings. The third kappa shape index (κ3) is 3.69. The number of hydrogen-bond acceptors (Lipinski definition) is 3. The molecule has 0 saturated heterocycles. The zero-order valence-corrected chi connectivity index (χ0v) is 15.3. The second-order valence-electron chi connectivity index (χ2n) is 6.52. The second kappa shape index (κ2) is 8.13. The first-order chi connectivity index (χ1) is 13.7. The van der Waals surface area contributed by atoms with E-state index in [0.717, 1.165) is 28.2 Å². The van der Waals surface area contributed by atoms with Gasteiger partial charge >= 0.3 is 7.12 Å². The summed E-state index contributed by atoms with van der Waals surface area (Å²) in [4.78, 5) is 2.10. The highest BCUT2D eigenvalue weighted by Gasteiger charge is 2.20. The zero-order valence-electron chi connectivity index (χ0n) is 15.3. The van der Waals surface area contributed by atoms with Crippen LogP contribution in [0.5, 0.6) is 0 Å². The molecule has 0 saturated carbocycles. The van der Waals surface area contributed by atoms with Gasteiger partial charge in [0.25, 0.3) is 0 Å². The maximum atomic E-state index is 10.1. The van der Waals surface area contributed by atoms with E-state index in [1.54, 1.807) is 0 Å². The van der Waals surface area contributed by atoms with E-state index < -0.39 is 7.12 Å². The Hall–Kier alpha value is -3.34. The predicted molar refractivity (Wildman–Crippen MR) is 116 cm³/mol. The van der Waals surface area contributed by atoms with Gasteiger partial charge in [0.2, 0.25) is 0 Å². The van der Waals surface area contributed by atoms with Crippen LogP contribution in [-0.2, 0) is 0 Å². The van der Waals surface area contributed by atoms with Gasteiger partial charge in [0, 0.05) is 17.1 Å². The third-order valence-electron chi connectivity index (χ3n) is 4.69. The van der Waals surface area contributed by atoms with Crippen LogP contribution in [0, 0.1) is 0 Å². The van der Waals surface area contributed by atoms with Gasteiger partial charge in [-0.25, -0.2) is 0 Å². The molecule has 4 rings (SSSR count). The quantitative estimate of drug-likeness (QED) is 0.512. The number of rotatable bonds is 5. The van der Waals surface area contributed by atoms with E-state index in [-0.39, 0.29) is 0 Å². The van der Waals surface area contributed by atoms with Gasteiger partial charge in [0.05, 0.1) is 0 Å². The highest BCUT2D eigenvalue weighted by atomic mass is 16.4. The molecule has 0 amide bonds. The Morgan fingerprint density at radius 1 is 0.536 bits per heavy atom. The third-order valence-corrected chi connectivity index (χ3v) is 4.69. The molecule has 0 fully saturated rings. The van der Waals surface area contributed by atoms with Gasteiger partial charge in [-0.15, -0.1) is 0 Å². The standard InChI is InChI=1S/C24H20BNO2/c27-25(28)24-18-22(16-17-23(24)19-10-4-1-5-11-19)26(20-12-6-2-7-13-20)21-14-8-3-9-15-21/h1-18,27-28H. The Morgan fingerprint density at radius 2 is 1.04 bits per heavy atom. The van der Waals surface area contributed by atoms with Crippen molar-refractivity contribution in [1.29, 1.82) is 0 Å². The molecular weight excluding hydrogens is 345 g/mol. The lowest BCUT2D eigenvalue weighted by Gasteiger charge is -2.26. The van der Waals surface area contributed by atoms with Crippen LogP contribution in [0.4, 0.5) is 17.1 Å². The number of nitrogens with zero attached hydrogens (tertiary/aromatic N) is 1. The topological polar surface area (TPSA) is 43.7 Å². The van der Waals surface area contributed by atoms with Crippen molar-refractivity contribution in [1.82, 2.24) is 0 Å². The van der Waals surface area contributed by atoms with Crippen LogP contribution in [0.2, 0.25) is 0 Å². The van der Waals surface area contributed by atoms with E-state index in [1.807, 2.05) is 109 Å². The summed E-state index contributed by atoms with van der Waals surface area (Å²) in [5, 5.41) is 20.1. The van der Waals surface area contributed by atoms with E-state index in [2.05, 4.69) is 4.90 Å². The number of anilines is 3. The van der Waals surface area contributed by atoms with Crippen molar-refractivity contribution in [2.45, 2.75) is 0 Å². The van der Waals surface area contributed by atoms with Gasteiger partial charge in [-0.05, 0) is 53.0 Å². The van der Waals surface area contributed by atoms with Gasteiger partial charge in [-0.2, -0.15) is 0 Å². The smallest absolute Gasteiger partial charge is 0.423 e. The molecule has 0 heterocycles. The number of hydrogen-bond donors (Lipinski definition) is 2. The maximum Gasteiger partial charge on any atom is 0.489 e. The van der Waals surface area contributed by atoms with Crippen molar-refractivity contribution in [3.05, 3.63) is 109 Å². The van der Waals surface area contributed by atoms with Crippen LogP contribution in [0.15, 0.2) is 109 Å². The molecule has 0 bridgehead atoms. The largest absolute Gasteiger partial charge is 0.489 e. The molecule has 3 nitrogen and oxygen atoms in total. The van der Waals surface area contributed by atoms with Crippen molar-refractivity contribution in [2.75, 3.05) is 4.90 Å². The number of para-hydroxylation sites is 2. The first-order valence-electron chi connectivity index (χ1n) is 9.20. The molecular formula is C24H20BNO2. The molecule has 0 unspecified atom stereocenters. The van der Waals surface area contributed by atoms with Crippen LogP contribution in [0.1, 0.15) is 0 Å². The van der Waals surface area contributed by atoms with Gasteiger partial charge in [0.15, 0.2) is 0 Å². The maximum absolute atomic E-state index is 10.1. The Morgan fingerprint density at radius 3 is 1.54 bits per heavy atom. The molecule has 0 spiro atoms. The lowest BCUT2D eigenvalue weighted by molar-refractivity contribution is 0.426. The fraction of sp³-hybridized carbons (Fsp3) is 0. The molecule has 2 N–H and O–H groups in total. The minimum absolute atomic E-state index is 0.473. The molecule has 0 aliphatic carbocycles. The van der Waals surface area contributed by atoms with E-state index >= 15 is 0 Å². The summed E-state index contributed by atoms with van der Waals surface area (Å²) in [5.41, 5.74) is 5.09. The summed E-state index contributed by atoms with van der Waals surface area (Å²) in [6.45, 7) is 0. The summed E-state index contributed by atoms with van der Waals surface area (Å²) < 4.78 is 0. The fourth-order valence-corrected chi connectivity index (χ4v) is 3.38. The molecule has 28 heavy (non-hydrogen) atoms. The second-order valence-corrected chi connectivity index (χ2v) is 6.52. The Bertz CT molecular complexity index is 998. The summed E-state index contributed by atoms with van der Waals surface area (Å²) >= 11 is 0. The normalized spacial score (nSPS) is 10.5. The van der Waals surface area contributed by atoms with E-state index in [4.69, 9.17) is 0 Å². The van der Waals surface area contributed by atoms with Crippen molar-refractivity contribution < 1.29 is 10.0 Å². The average molecular weight is 365 g/mol. The average Bonchev–Trinajstić information content (AvgIpc) is 2.76. The summed E-state index contributed by atoms with van der Waals surface area (Å²) in [7, 11) is -1.57. The minimum Gasteiger partial charge on any atom is -0.423 e. The highest BCUT2D eigenvalue weighted by molar-refractivity contribution is 6.60. The molecule has 136 valence electrons. The monoisotopic (exact) mass is 365 g/mol. The summed E-state index contributed by atoms with van der Waals surface area (Å²) in [6, 6.07) is 35.6. The Labute approximate surface area is 165 Å². The van der Waals surface area contributed by atoms with Crippen LogP contribution in [0.25, 0.3) is 11.1 Å². The molecule has 4 heteroatoms. The molecule has 0 atom stereocenters. The van der Waals surface area contributed by atoms with Crippen LogP contribution >= 0.6 is 0 Å². The van der Waals surface area contributed by atoms with Crippen molar-refractivity contribution in [3.8, 4) is 11.1 Å². The first kappa shape index (κ1) is 18.0. The minimum atomic E-state index is -1.57. The molecule has 0 aliphatic heterocycles. The summed E-state index contributed by atoms with van der Waals surface area (Å²) in [5.74, 6) is 0. The molecule has 0 aliphatic rings. The van der Waals surface area contributed by atoms with Gasteiger partial charge < -0.3 is 14.9 Å². The van der Waals surface area contributed by atoms with E-state index in [1.165, 1.54) is 0 Å². The predicted octanol–water partition coefficient (Wildman–Crippen LogP) is 4.50. The fourth-order valence-electron chi connectivity index (χ4n) is 3.38. The Kier molecular flexibility index (Phi) is 5.24. The first-order valence-corrected chi connectivity index (χ1v) is 9.20. The van der Waals surface area contributed by atoms with Gasteiger partial charge in [0.1, 0.15) is 0 Å². The van der Waals surface area contributed by atoms with Crippen LogP contribution in [0.3, 0.4) is 0 Å². The number of benzene rings is 4. The molecule has 0 aromatic heterocycles. The van der Waals surface area contributed by atoms with E-state index in [9.17, 15) is 10.0 Å². The summed E-state index contributed by atoms with van der Waals surface area (Å²) in [6.07, 6.45) is 0. The molecule has 4 aromatic carbocycles. The highest BCUT2D eigenvalue weighted by Crippen LogP contribution is 2.34. The van der Waals surface area contributed by atoms with E-state index in [0.29, 0.717) is 5.46 Å². The van der Waals surface area contributed by atoms with Crippen LogP contribution in [-0.4, -0.2) is 17.2 Å². The lowest BCUT2D eigenvalue weighted by Crippen LogP contribution is -2.32. The van der Waals surface area contributed by atoms with Gasteiger partial charge in [-0.1, -0.05) is 72.8 Å². The zero-order chi connectivity index (χ0) is 19.3. The van der Waals surface area contributed by atoms with Crippen molar-refractivity contribution >= 4 is 29.6 Å². The van der Waals surface area contributed by atoms with Crippen molar-refractivity contribution in [2.24, 2.45) is 0 Å². The SMILES string of the molecule is OB(O)c1cc(N(c2ccccc2)c2ccccc2)ccc1-c1ccccc1. The molecule has 0 radical (unpaired) electrons.